The predicted molar refractivity (Wildman–Crippen MR) is 544 cm³/mol. The number of likely N-dealkylation sites (tertiary alicyclic amines) is 2. The van der Waals surface area contributed by atoms with Gasteiger partial charge < -0.3 is 76.3 Å². The zero-order chi connectivity index (χ0) is 97.4. The number of fused-ring (bicyclic) bond motifs is 5. The molecule has 0 aliphatic carbocycles. The number of nitrogens with two attached hydrogens (primary N) is 4. The van der Waals surface area contributed by atoms with Crippen LogP contribution < -0.4 is 128 Å². The van der Waals surface area contributed by atoms with E-state index in [-0.39, 0.29) is 183 Å². The van der Waals surface area contributed by atoms with Gasteiger partial charge in [-0.3, -0.25) is 20.2 Å². The number of halogens is 6. The van der Waals surface area contributed by atoms with Crippen LogP contribution in [0.15, 0.2) is 110 Å². The summed E-state index contributed by atoms with van der Waals surface area (Å²) in [7, 11) is 0. The van der Waals surface area contributed by atoms with Crippen LogP contribution in [0.25, 0.3) is 55.2 Å². The summed E-state index contributed by atoms with van der Waals surface area (Å²) in [6.45, 7) is 57.8. The second-order valence-corrected chi connectivity index (χ2v) is 43.8. The predicted octanol–water partition coefficient (Wildman–Crippen LogP) is 13.7. The van der Waals surface area contributed by atoms with E-state index in [9.17, 15) is 34.2 Å². The van der Waals surface area contributed by atoms with Crippen molar-refractivity contribution in [3.63, 3.8) is 0 Å². The number of piperidine rings is 2. The van der Waals surface area contributed by atoms with E-state index in [0.717, 1.165) is 166 Å². The summed E-state index contributed by atoms with van der Waals surface area (Å²) >= 11 is 12.9. The average Bonchev–Trinajstić information content (AvgIpc) is 1.66. The summed E-state index contributed by atoms with van der Waals surface area (Å²) in [6, 6.07) is 25.4. The molecule has 0 radical (unpaired) electrons. The van der Waals surface area contributed by atoms with Gasteiger partial charge in [0.15, 0.2) is 0 Å². The second-order valence-electron chi connectivity index (χ2n) is 40.3. The van der Waals surface area contributed by atoms with E-state index in [1.165, 1.54) is 12.1 Å². The molecule has 11 aromatic rings. The Kier molecular flexibility index (Phi) is 52.8. The van der Waals surface area contributed by atoms with Gasteiger partial charge in [0, 0.05) is 117 Å². The Morgan fingerprint density at radius 2 is 0.828 bits per heavy atom. The number of nitro groups is 2. The largest absolute Gasteiger partial charge is 1.00 e. The molecule has 0 atom stereocenters. The van der Waals surface area contributed by atoms with Crippen molar-refractivity contribution < 1.29 is 140 Å². The third kappa shape index (κ3) is 44.0. The number of nitrogens with zero attached hydrogens (tertiary/aromatic N) is 20. The molecular formula is C92H136Br3FI2KN24NaO10. The molecule has 5 aromatic heterocycles. The number of nitrogen functional groups attached to an aromatic ring is 3. The maximum atomic E-state index is 12.4. The molecule has 2 aliphatic heterocycles. The third-order valence-corrected chi connectivity index (χ3v) is 22.0. The van der Waals surface area contributed by atoms with Gasteiger partial charge in [-0.25, -0.2) is 37.4 Å². The van der Waals surface area contributed by atoms with Crippen LogP contribution in [0.2, 0.25) is 0 Å². The summed E-state index contributed by atoms with van der Waals surface area (Å²) in [4.78, 5) is 55.0. The molecular weight excluding hydrogens is 2180 g/mol. The van der Waals surface area contributed by atoms with E-state index in [0.29, 0.717) is 48.7 Å². The van der Waals surface area contributed by atoms with E-state index in [1.54, 1.807) is 20.5 Å². The first-order valence-electron chi connectivity index (χ1n) is 41.8. The minimum absolute atomic E-state index is 0. The molecule has 0 bridgehead atoms. The van der Waals surface area contributed by atoms with E-state index in [4.69, 9.17) is 48.9 Å². The summed E-state index contributed by atoms with van der Waals surface area (Å²) in [5.74, 6) is 9.37. The molecule has 728 valence electrons. The summed E-state index contributed by atoms with van der Waals surface area (Å²) < 4.78 is 36.6. The third-order valence-electron chi connectivity index (χ3n) is 18.0. The number of ether oxygens (including phenoxy) is 2. The van der Waals surface area contributed by atoms with Gasteiger partial charge in [0.25, 0.3) is 11.4 Å². The van der Waals surface area contributed by atoms with Crippen LogP contribution in [0, 0.1) is 108 Å². The van der Waals surface area contributed by atoms with Gasteiger partial charge >= 0.3 is 93.1 Å². The molecule has 6 aromatic carbocycles. The van der Waals surface area contributed by atoms with Crippen molar-refractivity contribution in [2.24, 2.45) is 55.4 Å². The number of terminal acetylenes is 1. The van der Waals surface area contributed by atoms with Crippen molar-refractivity contribution in [2.75, 3.05) is 49.9 Å². The van der Waals surface area contributed by atoms with Gasteiger partial charge in [0.2, 0.25) is 0 Å². The van der Waals surface area contributed by atoms with Crippen LogP contribution >= 0.6 is 70.4 Å². The van der Waals surface area contributed by atoms with Crippen molar-refractivity contribution >= 4 is 166 Å². The number of benzene rings is 6. The van der Waals surface area contributed by atoms with Crippen LogP contribution in [0.1, 0.15) is 214 Å². The van der Waals surface area contributed by atoms with Crippen molar-refractivity contribution in [1.29, 1.82) is 0 Å². The topological polar surface area (TPSA) is 455 Å². The van der Waals surface area contributed by atoms with Gasteiger partial charge in [-0.05, 0) is 243 Å². The molecule has 42 heteroatoms. The van der Waals surface area contributed by atoms with Crippen molar-refractivity contribution in [3.8, 4) is 24.2 Å². The van der Waals surface area contributed by atoms with Crippen LogP contribution in [-0.2, 0) is 42.2 Å². The number of rotatable bonds is 7. The Bertz CT molecular complexity index is 5640. The van der Waals surface area contributed by atoms with Crippen LogP contribution in [0.5, 0.6) is 0 Å². The monoisotopic (exact) mass is 2310 g/mol. The number of aromatic nitrogens is 15. The Labute approximate surface area is 910 Å². The Balaban J connectivity index is 0. The molecule has 0 saturated carbocycles. The molecule has 13 rings (SSSR count). The van der Waals surface area contributed by atoms with Gasteiger partial charge in [0.05, 0.1) is 56.5 Å². The van der Waals surface area contributed by atoms with Crippen LogP contribution in [0.3, 0.4) is 0 Å². The zero-order valence-corrected chi connectivity index (χ0v) is 95.1. The minimum atomic E-state index is -0.643. The smallest absolute Gasteiger partial charge is 1.00 e. The van der Waals surface area contributed by atoms with Crippen molar-refractivity contribution in [3.05, 3.63) is 150 Å². The molecule has 2 aliphatic rings. The SMILES string of the molecule is C.C.C#CC1CCN(C(=O)OC(C)(C)C)CC1.CC(C)(C)CN.CC(C)(C)Cn1nnc2c(Br)c(C#CC3CCN(C(=O)OC(C)(C)C)CC3)ccc21.CC(C)(C)Cn1nnc2c(Br)c(I)ccc21.CC(C)(C)Cn1nnc2c(Br)c(N)ccc21.CC(C)(C)Cn1nnc2cc(N)ccc21.CC(C)(C)Cn1nnc2cc([N+](=O)[O-])ccc21.Nc1cc([N+](=O)[O-])ccc1F.O=N[O-].[HH].[I-].[K+].[Na+]. The first-order chi connectivity index (χ1) is 59.5. The number of non-ortho nitro benzene ring substituents is 2. The average molecular weight is 2310 g/mol. The number of carbonyl (C=O) groups is 2. The molecule has 134 heavy (non-hydrogen) atoms. The fourth-order valence-electron chi connectivity index (χ4n) is 11.9. The molecule has 0 spiro atoms. The fourth-order valence-corrected chi connectivity index (χ4v) is 13.7. The molecule has 34 nitrogen and oxygen atoms in total. The maximum Gasteiger partial charge on any atom is 1.00 e. The van der Waals surface area contributed by atoms with E-state index < -0.39 is 26.9 Å². The first-order valence-corrected chi connectivity index (χ1v) is 45.3. The zero-order valence-electron chi connectivity index (χ0n) is 80.9. The molecule has 7 heterocycles. The molecule has 2 amide bonds. The molecule has 0 unspecified atom stereocenters. The van der Waals surface area contributed by atoms with Crippen molar-refractivity contribution in [1.82, 2.24) is 84.8 Å². The minimum Gasteiger partial charge on any atom is -1.00 e. The van der Waals surface area contributed by atoms with E-state index in [1.807, 2.05) is 103 Å². The second kappa shape index (κ2) is 55.7. The standard InChI is InChI=1S/C23H31BrN4O2.C12H19NO2.C11H13BrIN3.C11H15BrN4.C11H14N4O2.C11H16N4.C6H5FN2O2.C5H13N.2CH4.HI.K.HNO2.Na.H2/c1-22(2,3)15-28-18-10-9-17(19(24)20(18)25-26-28)8-7-16-11-13-27(14-12-16)21(29)30-23(4,5)6;1-5-10-6-8-13(9-7-10)11(14)15-12(2,3)4;2*1-11(2,3)6-16-8-5-4-7(13)9(12)10(8)14-15-16;1-11(2,3)7-14-10-5-4-8(15(16)17)6-9(10)12-13-14;1-11(2,3)7-15-10-5-4-8(12)6-9(10)13-14-15;7-5-2-1-4(9(10)11)3-6(5)8;1-5(2,3)4-6;;;;;2-1-3;;/h9-10,16H,11-15H2,1-6H3;1,10H,6-9H2,2-4H3;4-5H,6H2,1-3H3;4-5H,6,13H2,1-3H3;4-6H,7H2,1-3H3;4-6H,7,12H2,1-3H3;1-3H,8H2;4,6H2,1-3H3;2*1H4;1H;;(H,2,3);;1H/q;;;;;;;;;;;+1;;+1;/p-2. The number of amides is 2. The Morgan fingerprint density at radius 1 is 0.507 bits per heavy atom. The van der Waals surface area contributed by atoms with E-state index >= 15 is 0 Å². The van der Waals surface area contributed by atoms with Gasteiger partial charge in [-0.15, -0.1) is 43.2 Å². The van der Waals surface area contributed by atoms with Gasteiger partial charge in [-0.2, -0.15) is 0 Å². The molecule has 2 fully saturated rings. The van der Waals surface area contributed by atoms with Crippen molar-refractivity contribution in [2.45, 2.75) is 251 Å². The number of hydrogen-bond acceptors (Lipinski definition) is 25. The summed E-state index contributed by atoms with van der Waals surface area (Å²) in [5, 5.41) is 71.4. The maximum absolute atomic E-state index is 12.4. The van der Waals surface area contributed by atoms with Gasteiger partial charge in [0.1, 0.15) is 44.6 Å². The number of anilines is 3. The number of carbonyl (C=O) groups excluding carboxylic acids is 2. The Hall–Kier alpha value is -6.99. The van der Waals surface area contributed by atoms with Gasteiger partial charge in [-0.1, -0.05) is 177 Å². The number of nitro benzene ring substituents is 2. The van der Waals surface area contributed by atoms with E-state index in [2.05, 4.69) is 276 Å². The number of hydrogen-bond donors (Lipinski definition) is 4. The molecule has 8 N–H and O–H groups in total. The van der Waals surface area contributed by atoms with Crippen LogP contribution in [0.4, 0.5) is 42.4 Å². The fraction of sp³-hybridized carbons (Fsp3) is 0.543. The molecule has 2 saturated heterocycles. The summed E-state index contributed by atoms with van der Waals surface area (Å²) in [5.41, 5.74) is 33.0. The Morgan fingerprint density at radius 3 is 1.19 bits per heavy atom. The quantitative estimate of drug-likeness (QED) is 0.0219. The summed E-state index contributed by atoms with van der Waals surface area (Å²) in [6.07, 6.45) is 8.36. The van der Waals surface area contributed by atoms with Crippen LogP contribution in [-0.4, -0.2) is 151 Å². The normalized spacial score (nSPS) is 12.8. The first kappa shape index (κ1) is 127.